The Labute approximate surface area is 110 Å². The van der Waals surface area contributed by atoms with Crippen LogP contribution in [0.3, 0.4) is 0 Å². The van der Waals surface area contributed by atoms with Crippen LogP contribution in [0.15, 0.2) is 42.7 Å². The molecule has 4 nitrogen and oxygen atoms in total. The number of carbonyl (C=O) groups is 1. The van der Waals surface area contributed by atoms with E-state index in [4.69, 9.17) is 11.6 Å². The van der Waals surface area contributed by atoms with Gasteiger partial charge in [0.1, 0.15) is 0 Å². The zero-order valence-electron chi connectivity index (χ0n) is 9.77. The summed E-state index contributed by atoms with van der Waals surface area (Å²) in [5.41, 5.74) is 1.81. The molecule has 1 aromatic heterocycles. The largest absolute Gasteiger partial charge is 0.387 e. The van der Waals surface area contributed by atoms with E-state index in [9.17, 15) is 4.79 Å². The number of pyridine rings is 1. The van der Waals surface area contributed by atoms with Gasteiger partial charge in [0.15, 0.2) is 0 Å². The Morgan fingerprint density at radius 3 is 2.72 bits per heavy atom. The lowest BCUT2D eigenvalue weighted by Crippen LogP contribution is -2.14. The predicted molar refractivity (Wildman–Crippen MR) is 73.2 cm³/mol. The maximum Gasteiger partial charge on any atom is 0.257 e. The lowest BCUT2D eigenvalue weighted by molar-refractivity contribution is 0.102. The van der Waals surface area contributed by atoms with Crippen LogP contribution in [-0.2, 0) is 0 Å². The summed E-state index contributed by atoms with van der Waals surface area (Å²) < 4.78 is 0. The van der Waals surface area contributed by atoms with Crippen molar-refractivity contribution in [1.82, 2.24) is 4.98 Å². The highest BCUT2D eigenvalue weighted by atomic mass is 35.5. The number of para-hydroxylation sites is 1. The van der Waals surface area contributed by atoms with Crippen molar-refractivity contribution in [2.24, 2.45) is 0 Å². The Hall–Kier alpha value is -2.07. The quantitative estimate of drug-likeness (QED) is 0.893. The maximum absolute atomic E-state index is 12.1. The third-order valence-electron chi connectivity index (χ3n) is 2.46. The molecule has 0 saturated carbocycles. The molecule has 92 valence electrons. The fourth-order valence-corrected chi connectivity index (χ4v) is 1.71. The van der Waals surface area contributed by atoms with Gasteiger partial charge in [-0.1, -0.05) is 23.7 Å². The monoisotopic (exact) mass is 261 g/mol. The second-order valence-electron chi connectivity index (χ2n) is 3.61. The van der Waals surface area contributed by atoms with E-state index >= 15 is 0 Å². The van der Waals surface area contributed by atoms with Crippen LogP contribution >= 0.6 is 11.6 Å². The number of nitrogens with one attached hydrogen (secondary N) is 2. The average Bonchev–Trinajstić information content (AvgIpc) is 2.41. The molecule has 1 aromatic carbocycles. The Bertz CT molecular complexity index is 572. The van der Waals surface area contributed by atoms with Crippen LogP contribution in [-0.4, -0.2) is 17.9 Å². The van der Waals surface area contributed by atoms with Gasteiger partial charge in [-0.15, -0.1) is 0 Å². The molecule has 0 bridgehead atoms. The molecule has 0 aliphatic rings. The Morgan fingerprint density at radius 1 is 1.22 bits per heavy atom. The van der Waals surface area contributed by atoms with E-state index in [0.29, 0.717) is 16.3 Å². The summed E-state index contributed by atoms with van der Waals surface area (Å²) >= 11 is 5.96. The predicted octanol–water partition coefficient (Wildman–Crippen LogP) is 3.03. The molecule has 0 saturated heterocycles. The summed E-state index contributed by atoms with van der Waals surface area (Å²) in [5, 5.41) is 6.15. The number of hydrogen-bond donors (Lipinski definition) is 2. The van der Waals surface area contributed by atoms with Gasteiger partial charge in [0.2, 0.25) is 0 Å². The standard InChI is InChI=1S/C13H12ClN3O/c1-15-11-5-3-2-4-9(11)13(18)17-12-8-16-7-6-10(12)14/h2-8,15H,1H3,(H,17,18). The van der Waals surface area contributed by atoms with E-state index in [0.717, 1.165) is 5.69 Å². The molecule has 1 amide bonds. The molecule has 0 spiro atoms. The molecule has 0 radical (unpaired) electrons. The van der Waals surface area contributed by atoms with Crippen LogP contribution in [0.1, 0.15) is 10.4 Å². The Kier molecular flexibility index (Phi) is 3.79. The summed E-state index contributed by atoms with van der Waals surface area (Å²) in [6, 6.07) is 8.87. The van der Waals surface area contributed by atoms with Crippen LogP contribution in [0.5, 0.6) is 0 Å². The second kappa shape index (κ2) is 5.51. The lowest BCUT2D eigenvalue weighted by Gasteiger charge is -2.10. The smallest absolute Gasteiger partial charge is 0.257 e. The van der Waals surface area contributed by atoms with E-state index < -0.39 is 0 Å². The van der Waals surface area contributed by atoms with Gasteiger partial charge in [-0.3, -0.25) is 9.78 Å². The number of halogens is 1. The van der Waals surface area contributed by atoms with Crippen molar-refractivity contribution in [3.05, 3.63) is 53.3 Å². The van der Waals surface area contributed by atoms with E-state index in [2.05, 4.69) is 15.6 Å². The molecule has 18 heavy (non-hydrogen) atoms. The summed E-state index contributed by atoms with van der Waals surface area (Å²) in [6.45, 7) is 0. The highest BCUT2D eigenvalue weighted by Crippen LogP contribution is 2.21. The SMILES string of the molecule is CNc1ccccc1C(=O)Nc1cnccc1Cl. The number of anilines is 2. The average molecular weight is 262 g/mol. The molecule has 0 atom stereocenters. The van der Waals surface area contributed by atoms with Crippen molar-refractivity contribution < 1.29 is 4.79 Å². The van der Waals surface area contributed by atoms with Crippen molar-refractivity contribution in [3.63, 3.8) is 0 Å². The van der Waals surface area contributed by atoms with Gasteiger partial charge in [0, 0.05) is 18.9 Å². The van der Waals surface area contributed by atoms with Gasteiger partial charge >= 0.3 is 0 Å². The summed E-state index contributed by atoms with van der Waals surface area (Å²) in [7, 11) is 1.77. The first-order valence-electron chi connectivity index (χ1n) is 5.40. The van der Waals surface area contributed by atoms with Crippen LogP contribution in [0, 0.1) is 0 Å². The second-order valence-corrected chi connectivity index (χ2v) is 4.01. The molecular formula is C13H12ClN3O. The van der Waals surface area contributed by atoms with Crippen LogP contribution in [0.25, 0.3) is 0 Å². The van der Waals surface area contributed by atoms with Gasteiger partial charge < -0.3 is 10.6 Å². The fraction of sp³-hybridized carbons (Fsp3) is 0.0769. The first-order valence-corrected chi connectivity index (χ1v) is 5.78. The van der Waals surface area contributed by atoms with Crippen molar-refractivity contribution in [1.29, 1.82) is 0 Å². The minimum Gasteiger partial charge on any atom is -0.387 e. The van der Waals surface area contributed by atoms with Gasteiger partial charge in [0.25, 0.3) is 5.91 Å². The third-order valence-corrected chi connectivity index (χ3v) is 2.79. The molecule has 2 rings (SSSR count). The molecule has 2 N–H and O–H groups in total. The zero-order valence-corrected chi connectivity index (χ0v) is 10.5. The number of rotatable bonds is 3. The Balaban J connectivity index is 2.25. The number of aromatic nitrogens is 1. The minimum absolute atomic E-state index is 0.227. The first kappa shape index (κ1) is 12.4. The molecule has 5 heteroatoms. The van der Waals surface area contributed by atoms with E-state index in [1.54, 1.807) is 31.4 Å². The normalized spacial score (nSPS) is 9.89. The molecule has 0 unspecified atom stereocenters. The van der Waals surface area contributed by atoms with Crippen LogP contribution in [0.4, 0.5) is 11.4 Å². The lowest BCUT2D eigenvalue weighted by atomic mass is 10.1. The van der Waals surface area contributed by atoms with E-state index in [1.807, 2.05) is 12.1 Å². The topological polar surface area (TPSA) is 54.0 Å². The number of nitrogens with zero attached hydrogens (tertiary/aromatic N) is 1. The number of hydrogen-bond acceptors (Lipinski definition) is 3. The highest BCUT2D eigenvalue weighted by molar-refractivity contribution is 6.33. The molecule has 0 aliphatic heterocycles. The fourth-order valence-electron chi connectivity index (χ4n) is 1.56. The van der Waals surface area contributed by atoms with Crippen molar-refractivity contribution >= 4 is 28.9 Å². The number of amides is 1. The number of benzene rings is 1. The molecular weight excluding hydrogens is 250 g/mol. The van der Waals surface area contributed by atoms with Gasteiger partial charge in [-0.05, 0) is 18.2 Å². The number of carbonyl (C=O) groups excluding carboxylic acids is 1. The Morgan fingerprint density at radius 2 is 2.00 bits per heavy atom. The van der Waals surface area contributed by atoms with Gasteiger partial charge in [-0.2, -0.15) is 0 Å². The molecule has 2 aromatic rings. The van der Waals surface area contributed by atoms with E-state index in [-0.39, 0.29) is 5.91 Å². The van der Waals surface area contributed by atoms with Gasteiger partial charge in [0.05, 0.1) is 22.5 Å². The molecule has 0 aliphatic carbocycles. The highest BCUT2D eigenvalue weighted by Gasteiger charge is 2.11. The van der Waals surface area contributed by atoms with Crippen molar-refractivity contribution in [2.75, 3.05) is 17.7 Å². The summed E-state index contributed by atoms with van der Waals surface area (Å²) in [6.07, 6.45) is 3.09. The molecule has 1 heterocycles. The van der Waals surface area contributed by atoms with Crippen LogP contribution in [0.2, 0.25) is 5.02 Å². The van der Waals surface area contributed by atoms with E-state index in [1.165, 1.54) is 6.20 Å². The zero-order chi connectivity index (χ0) is 13.0. The summed E-state index contributed by atoms with van der Waals surface area (Å²) in [5.74, 6) is -0.227. The van der Waals surface area contributed by atoms with Crippen molar-refractivity contribution in [3.8, 4) is 0 Å². The summed E-state index contributed by atoms with van der Waals surface area (Å²) in [4.78, 5) is 16.0. The van der Waals surface area contributed by atoms with Crippen LogP contribution < -0.4 is 10.6 Å². The third kappa shape index (κ3) is 2.60. The van der Waals surface area contributed by atoms with Crippen molar-refractivity contribution in [2.45, 2.75) is 0 Å². The molecule has 0 fully saturated rings. The maximum atomic E-state index is 12.1. The first-order chi connectivity index (χ1) is 8.72. The van der Waals surface area contributed by atoms with Gasteiger partial charge in [-0.25, -0.2) is 0 Å². The minimum atomic E-state index is -0.227.